The molecule has 0 spiro atoms. The number of aryl methyl sites for hydroxylation is 2. The van der Waals surface area contributed by atoms with Crippen molar-refractivity contribution in [2.75, 3.05) is 32.2 Å². The average molecular weight is 572 g/mol. The number of methoxy groups -OCH3 is 2. The molecule has 0 saturated carbocycles. The molecule has 1 aromatic heterocycles. The summed E-state index contributed by atoms with van der Waals surface area (Å²) in [6.07, 6.45) is 0.658. The number of cyclic esters (lactones) is 1. The molecule has 2 aliphatic heterocycles. The van der Waals surface area contributed by atoms with Crippen LogP contribution in [0.4, 0.5) is 10.6 Å². The molecule has 0 radical (unpaired) electrons. The van der Waals surface area contributed by atoms with Gasteiger partial charge < -0.3 is 19.1 Å². The smallest absolute Gasteiger partial charge is 0.411 e. The van der Waals surface area contributed by atoms with Crippen LogP contribution in [-0.4, -0.2) is 55.3 Å². The molecule has 2 unspecified atom stereocenters. The number of amides is 1. The summed E-state index contributed by atoms with van der Waals surface area (Å²) in [5, 5.41) is 0. The van der Waals surface area contributed by atoms with Gasteiger partial charge in [-0.3, -0.25) is 9.69 Å². The lowest BCUT2D eigenvalue weighted by atomic mass is 9.80. The number of esters is 1. The van der Waals surface area contributed by atoms with Gasteiger partial charge in [-0.25, -0.2) is 9.78 Å². The second-order valence-corrected chi connectivity index (χ2v) is 12.2. The summed E-state index contributed by atoms with van der Waals surface area (Å²) in [6.45, 7) is 12.4. The van der Waals surface area contributed by atoms with E-state index in [4.69, 9.17) is 19.2 Å². The van der Waals surface area contributed by atoms with E-state index in [0.29, 0.717) is 5.75 Å². The van der Waals surface area contributed by atoms with E-state index in [1.54, 1.807) is 12.0 Å². The monoisotopic (exact) mass is 571 g/mol. The van der Waals surface area contributed by atoms with Gasteiger partial charge in [0.15, 0.2) is 0 Å². The van der Waals surface area contributed by atoms with Crippen molar-refractivity contribution in [3.63, 3.8) is 0 Å². The first-order valence-electron chi connectivity index (χ1n) is 14.6. The van der Waals surface area contributed by atoms with E-state index in [0.717, 1.165) is 64.4 Å². The van der Waals surface area contributed by atoms with Crippen LogP contribution in [0.15, 0.2) is 48.5 Å². The summed E-state index contributed by atoms with van der Waals surface area (Å²) >= 11 is 0. The molecule has 8 heteroatoms. The van der Waals surface area contributed by atoms with Gasteiger partial charge >= 0.3 is 12.1 Å². The number of benzene rings is 2. The molecule has 2 aliphatic rings. The fraction of sp³-hybridized carbons (Fsp3) is 0.441. The summed E-state index contributed by atoms with van der Waals surface area (Å²) in [5.74, 6) is 1.32. The van der Waals surface area contributed by atoms with E-state index < -0.39 is 5.41 Å². The number of hydrogen-bond acceptors (Lipinski definition) is 7. The summed E-state index contributed by atoms with van der Waals surface area (Å²) in [7, 11) is 3.05. The van der Waals surface area contributed by atoms with E-state index in [2.05, 4.69) is 49.1 Å². The number of pyridine rings is 1. The Labute approximate surface area is 248 Å². The van der Waals surface area contributed by atoms with Crippen molar-refractivity contribution in [1.82, 2.24) is 9.88 Å². The molecule has 8 nitrogen and oxygen atoms in total. The normalized spacial score (nSPS) is 18.5. The Morgan fingerprint density at radius 3 is 2.36 bits per heavy atom. The summed E-state index contributed by atoms with van der Waals surface area (Å²) in [5.41, 5.74) is 6.29. The SMILES string of the molecule is COC(=O)CC(C)(C)c1ccc(OC)c(-c2ccc(N3CCC3)nc2CN2C(=O)OC(c3cc(C)cc(C)c3)C2C)c1. The van der Waals surface area contributed by atoms with E-state index in [1.807, 2.05) is 39.0 Å². The first-order valence-corrected chi connectivity index (χ1v) is 14.6. The summed E-state index contributed by atoms with van der Waals surface area (Å²) in [6, 6.07) is 16.2. The molecule has 0 N–H and O–H groups in total. The number of carbonyl (C=O) groups is 2. The van der Waals surface area contributed by atoms with E-state index in [1.165, 1.54) is 7.11 Å². The van der Waals surface area contributed by atoms with Crippen LogP contribution in [-0.2, 0) is 26.2 Å². The van der Waals surface area contributed by atoms with E-state index in [9.17, 15) is 9.59 Å². The Morgan fingerprint density at radius 1 is 1.02 bits per heavy atom. The minimum atomic E-state index is -0.467. The maximum absolute atomic E-state index is 13.3. The van der Waals surface area contributed by atoms with Crippen molar-refractivity contribution >= 4 is 17.9 Å². The third kappa shape index (κ3) is 5.80. The molecule has 3 aromatic rings. The molecule has 42 heavy (non-hydrogen) atoms. The number of aromatic nitrogens is 1. The van der Waals surface area contributed by atoms with Crippen LogP contribution in [0.2, 0.25) is 0 Å². The molecule has 1 amide bonds. The first-order chi connectivity index (χ1) is 20.0. The van der Waals surface area contributed by atoms with Gasteiger partial charge in [-0.1, -0.05) is 49.2 Å². The zero-order chi connectivity index (χ0) is 30.2. The van der Waals surface area contributed by atoms with Gasteiger partial charge in [0.05, 0.1) is 38.9 Å². The molecule has 0 aliphatic carbocycles. The molecule has 2 fully saturated rings. The summed E-state index contributed by atoms with van der Waals surface area (Å²) < 4.78 is 16.7. The van der Waals surface area contributed by atoms with E-state index >= 15 is 0 Å². The van der Waals surface area contributed by atoms with Crippen molar-refractivity contribution in [3.05, 3.63) is 76.5 Å². The minimum absolute atomic E-state index is 0.187. The predicted molar refractivity (Wildman–Crippen MR) is 163 cm³/mol. The van der Waals surface area contributed by atoms with Crippen molar-refractivity contribution in [2.24, 2.45) is 0 Å². The fourth-order valence-electron chi connectivity index (χ4n) is 5.95. The number of carbonyl (C=O) groups excluding carboxylic acids is 2. The third-order valence-corrected chi connectivity index (χ3v) is 8.51. The highest BCUT2D eigenvalue weighted by Crippen LogP contribution is 2.40. The number of ether oxygens (including phenoxy) is 3. The van der Waals surface area contributed by atoms with Gasteiger partial charge in [0.2, 0.25) is 0 Å². The van der Waals surface area contributed by atoms with Crippen LogP contribution in [0.5, 0.6) is 5.75 Å². The van der Waals surface area contributed by atoms with Crippen LogP contribution in [0.1, 0.15) is 67.7 Å². The Balaban J connectivity index is 1.54. The van der Waals surface area contributed by atoms with Crippen LogP contribution in [0.25, 0.3) is 11.1 Å². The molecule has 0 bridgehead atoms. The lowest BCUT2D eigenvalue weighted by Crippen LogP contribution is -2.38. The van der Waals surface area contributed by atoms with Crippen LogP contribution < -0.4 is 9.64 Å². The maximum atomic E-state index is 13.3. The molecule has 2 aromatic carbocycles. The predicted octanol–water partition coefficient (Wildman–Crippen LogP) is 6.51. The Hall–Kier alpha value is -4.07. The molecule has 2 atom stereocenters. The molecule has 3 heterocycles. The zero-order valence-electron chi connectivity index (χ0n) is 25.7. The first kappa shape index (κ1) is 29.4. The topological polar surface area (TPSA) is 81.2 Å². The Kier molecular flexibility index (Phi) is 8.17. The fourth-order valence-corrected chi connectivity index (χ4v) is 5.95. The average Bonchev–Trinajstić information content (AvgIpc) is 3.19. The second-order valence-electron chi connectivity index (χ2n) is 12.2. The van der Waals surface area contributed by atoms with Crippen molar-refractivity contribution in [3.8, 4) is 16.9 Å². The van der Waals surface area contributed by atoms with Gasteiger partial charge in [0.1, 0.15) is 17.7 Å². The number of nitrogens with zero attached hydrogens (tertiary/aromatic N) is 3. The van der Waals surface area contributed by atoms with Crippen molar-refractivity contribution in [2.45, 2.75) is 71.6 Å². The van der Waals surface area contributed by atoms with Crippen LogP contribution in [0.3, 0.4) is 0 Å². The third-order valence-electron chi connectivity index (χ3n) is 8.51. The van der Waals surface area contributed by atoms with Crippen LogP contribution >= 0.6 is 0 Å². The van der Waals surface area contributed by atoms with Crippen LogP contribution in [0, 0.1) is 13.8 Å². The summed E-state index contributed by atoms with van der Waals surface area (Å²) in [4.78, 5) is 34.6. The molecular weight excluding hydrogens is 530 g/mol. The zero-order valence-corrected chi connectivity index (χ0v) is 25.7. The molecule has 5 rings (SSSR count). The van der Waals surface area contributed by atoms with Gasteiger partial charge in [-0.05, 0) is 62.6 Å². The van der Waals surface area contributed by atoms with E-state index in [-0.39, 0.29) is 37.2 Å². The van der Waals surface area contributed by atoms with Gasteiger partial charge in [0, 0.05) is 29.6 Å². The standard InChI is InChI=1S/C34H41N3O5/c1-21-15-22(2)17-24(16-21)32-23(3)37(33(39)42-32)20-28-26(10-12-30(35-28)36-13-8-14-36)27-18-25(9-11-29(27)40-6)34(4,5)19-31(38)41-7/h9-12,15-18,23,32H,8,13-14,19-20H2,1-7H3. The minimum Gasteiger partial charge on any atom is -0.496 e. The maximum Gasteiger partial charge on any atom is 0.411 e. The number of hydrogen-bond donors (Lipinski definition) is 0. The van der Waals surface area contributed by atoms with Crippen molar-refractivity contribution < 1.29 is 23.8 Å². The van der Waals surface area contributed by atoms with Gasteiger partial charge in [-0.2, -0.15) is 0 Å². The van der Waals surface area contributed by atoms with Gasteiger partial charge in [-0.15, -0.1) is 0 Å². The molecule has 2 saturated heterocycles. The van der Waals surface area contributed by atoms with Crippen molar-refractivity contribution in [1.29, 1.82) is 0 Å². The number of anilines is 1. The Bertz CT molecular complexity index is 1480. The van der Waals surface area contributed by atoms with Gasteiger partial charge in [0.25, 0.3) is 0 Å². The molecule has 222 valence electrons. The Morgan fingerprint density at radius 2 is 1.74 bits per heavy atom. The largest absolute Gasteiger partial charge is 0.496 e. The highest BCUT2D eigenvalue weighted by molar-refractivity contribution is 5.77. The highest BCUT2D eigenvalue weighted by atomic mass is 16.6. The molecular formula is C34H41N3O5. The lowest BCUT2D eigenvalue weighted by Gasteiger charge is -2.33. The highest BCUT2D eigenvalue weighted by Gasteiger charge is 2.40. The number of rotatable bonds is 9. The quantitative estimate of drug-likeness (QED) is 0.271. The second kappa shape index (κ2) is 11.7. The lowest BCUT2D eigenvalue weighted by molar-refractivity contribution is -0.141.